The van der Waals surface area contributed by atoms with E-state index in [4.69, 9.17) is 17.3 Å². The predicted molar refractivity (Wildman–Crippen MR) is 67.7 cm³/mol. The van der Waals surface area contributed by atoms with E-state index in [9.17, 15) is 0 Å². The SMILES string of the molecule is Cc1ccc(Cc2ccc(Cl)s2)c(N)c1. The molecule has 1 nitrogen and oxygen atoms in total. The van der Waals surface area contributed by atoms with Crippen molar-refractivity contribution in [1.82, 2.24) is 0 Å². The minimum Gasteiger partial charge on any atom is -0.398 e. The first-order valence-corrected chi connectivity index (χ1v) is 5.94. The fourth-order valence-corrected chi connectivity index (χ4v) is 2.62. The average molecular weight is 238 g/mol. The van der Waals surface area contributed by atoms with Crippen molar-refractivity contribution in [3.63, 3.8) is 0 Å². The van der Waals surface area contributed by atoms with Crippen LogP contribution < -0.4 is 5.73 Å². The summed E-state index contributed by atoms with van der Waals surface area (Å²) in [5, 5.41) is 0. The Labute approximate surface area is 98.5 Å². The van der Waals surface area contributed by atoms with Gasteiger partial charge >= 0.3 is 0 Å². The Morgan fingerprint density at radius 1 is 1.27 bits per heavy atom. The van der Waals surface area contributed by atoms with E-state index in [1.807, 2.05) is 25.1 Å². The molecule has 1 aromatic carbocycles. The molecule has 1 heterocycles. The van der Waals surface area contributed by atoms with Gasteiger partial charge in [0.05, 0.1) is 4.34 Å². The quantitative estimate of drug-likeness (QED) is 0.789. The Kier molecular flexibility index (Phi) is 2.98. The molecule has 0 aliphatic rings. The van der Waals surface area contributed by atoms with Gasteiger partial charge in [-0.2, -0.15) is 0 Å². The maximum Gasteiger partial charge on any atom is 0.0931 e. The number of anilines is 1. The van der Waals surface area contributed by atoms with Crippen LogP contribution in [-0.2, 0) is 6.42 Å². The Bertz CT molecular complexity index is 476. The molecule has 3 heteroatoms. The van der Waals surface area contributed by atoms with E-state index < -0.39 is 0 Å². The molecule has 0 atom stereocenters. The largest absolute Gasteiger partial charge is 0.398 e. The van der Waals surface area contributed by atoms with Crippen molar-refractivity contribution in [2.75, 3.05) is 5.73 Å². The summed E-state index contributed by atoms with van der Waals surface area (Å²) in [6, 6.07) is 10.1. The van der Waals surface area contributed by atoms with Crippen LogP contribution >= 0.6 is 22.9 Å². The summed E-state index contributed by atoms with van der Waals surface area (Å²) in [4.78, 5) is 1.25. The predicted octanol–water partition coefficient (Wildman–Crippen LogP) is 3.88. The van der Waals surface area contributed by atoms with Gasteiger partial charge < -0.3 is 5.73 Å². The monoisotopic (exact) mass is 237 g/mol. The van der Waals surface area contributed by atoms with Crippen LogP contribution in [0.4, 0.5) is 5.69 Å². The van der Waals surface area contributed by atoms with Gasteiger partial charge in [-0.1, -0.05) is 23.7 Å². The van der Waals surface area contributed by atoms with Gasteiger partial charge in [-0.05, 0) is 36.2 Å². The summed E-state index contributed by atoms with van der Waals surface area (Å²) < 4.78 is 0.829. The molecule has 1 aromatic heterocycles. The van der Waals surface area contributed by atoms with Crippen molar-refractivity contribution in [2.45, 2.75) is 13.3 Å². The molecule has 78 valence electrons. The van der Waals surface area contributed by atoms with Gasteiger partial charge in [-0.15, -0.1) is 11.3 Å². The second kappa shape index (κ2) is 4.25. The lowest BCUT2D eigenvalue weighted by Crippen LogP contribution is -1.94. The van der Waals surface area contributed by atoms with E-state index in [0.717, 1.165) is 16.4 Å². The zero-order chi connectivity index (χ0) is 10.8. The van der Waals surface area contributed by atoms with Crippen molar-refractivity contribution in [3.8, 4) is 0 Å². The summed E-state index contributed by atoms with van der Waals surface area (Å²) in [6.45, 7) is 2.04. The Balaban J connectivity index is 2.24. The number of benzene rings is 1. The fourth-order valence-electron chi connectivity index (χ4n) is 1.51. The number of aryl methyl sites for hydroxylation is 1. The lowest BCUT2D eigenvalue weighted by atomic mass is 10.1. The molecule has 0 bridgehead atoms. The molecular formula is C12H12ClNS. The first kappa shape index (κ1) is 10.5. The van der Waals surface area contributed by atoms with E-state index in [1.54, 1.807) is 11.3 Å². The number of nitrogen functional groups attached to an aromatic ring is 1. The third kappa shape index (κ3) is 2.52. The molecule has 0 amide bonds. The molecule has 0 aliphatic heterocycles. The van der Waals surface area contributed by atoms with Crippen molar-refractivity contribution in [1.29, 1.82) is 0 Å². The van der Waals surface area contributed by atoms with Crippen molar-refractivity contribution in [3.05, 3.63) is 50.7 Å². The molecule has 0 fully saturated rings. The Morgan fingerprint density at radius 3 is 2.67 bits per heavy atom. The number of rotatable bonds is 2. The third-order valence-corrected chi connectivity index (χ3v) is 3.53. The topological polar surface area (TPSA) is 26.0 Å². The highest BCUT2D eigenvalue weighted by atomic mass is 35.5. The molecule has 2 rings (SSSR count). The van der Waals surface area contributed by atoms with Gasteiger partial charge in [-0.3, -0.25) is 0 Å². The van der Waals surface area contributed by atoms with Gasteiger partial charge in [0.1, 0.15) is 0 Å². The molecule has 2 aromatic rings. The smallest absolute Gasteiger partial charge is 0.0931 e. The second-order valence-corrected chi connectivity index (χ2v) is 5.38. The summed E-state index contributed by atoms with van der Waals surface area (Å²) in [5.74, 6) is 0. The van der Waals surface area contributed by atoms with Crippen LogP contribution in [-0.4, -0.2) is 0 Å². The summed E-state index contributed by atoms with van der Waals surface area (Å²) in [5.41, 5.74) is 9.17. The fraction of sp³-hybridized carbons (Fsp3) is 0.167. The van der Waals surface area contributed by atoms with E-state index in [1.165, 1.54) is 16.0 Å². The molecular weight excluding hydrogens is 226 g/mol. The zero-order valence-corrected chi connectivity index (χ0v) is 10.0. The van der Waals surface area contributed by atoms with Gasteiger partial charge in [0.15, 0.2) is 0 Å². The number of halogens is 1. The number of nitrogens with two attached hydrogens (primary N) is 1. The van der Waals surface area contributed by atoms with Gasteiger partial charge in [0.25, 0.3) is 0 Å². The van der Waals surface area contributed by atoms with E-state index in [-0.39, 0.29) is 0 Å². The van der Waals surface area contributed by atoms with Crippen LogP contribution in [0.15, 0.2) is 30.3 Å². The van der Waals surface area contributed by atoms with E-state index >= 15 is 0 Å². The highest BCUT2D eigenvalue weighted by molar-refractivity contribution is 7.16. The highest BCUT2D eigenvalue weighted by Crippen LogP contribution is 2.25. The lowest BCUT2D eigenvalue weighted by Gasteiger charge is -2.04. The highest BCUT2D eigenvalue weighted by Gasteiger charge is 2.03. The maximum absolute atomic E-state index is 5.95. The second-order valence-electron chi connectivity index (χ2n) is 3.58. The normalized spacial score (nSPS) is 10.5. The molecule has 0 saturated carbocycles. The van der Waals surface area contributed by atoms with Gasteiger partial charge in [0.2, 0.25) is 0 Å². The third-order valence-electron chi connectivity index (χ3n) is 2.29. The zero-order valence-electron chi connectivity index (χ0n) is 8.46. The Morgan fingerprint density at radius 2 is 2.07 bits per heavy atom. The van der Waals surface area contributed by atoms with Crippen LogP contribution in [0.3, 0.4) is 0 Å². The van der Waals surface area contributed by atoms with Gasteiger partial charge in [-0.25, -0.2) is 0 Å². The Hall–Kier alpha value is -0.990. The van der Waals surface area contributed by atoms with Crippen LogP contribution in [0.25, 0.3) is 0 Å². The first-order valence-electron chi connectivity index (χ1n) is 4.74. The van der Waals surface area contributed by atoms with Crippen LogP contribution in [0.5, 0.6) is 0 Å². The van der Waals surface area contributed by atoms with Crippen LogP contribution in [0.1, 0.15) is 16.0 Å². The standard InChI is InChI=1S/C12H12ClNS/c1-8-2-3-9(11(14)6-8)7-10-4-5-12(13)15-10/h2-6H,7,14H2,1H3. The lowest BCUT2D eigenvalue weighted by molar-refractivity contribution is 1.24. The number of hydrogen-bond donors (Lipinski definition) is 1. The van der Waals surface area contributed by atoms with Gasteiger partial charge in [0, 0.05) is 17.0 Å². The van der Waals surface area contributed by atoms with Crippen molar-refractivity contribution < 1.29 is 0 Å². The van der Waals surface area contributed by atoms with E-state index in [0.29, 0.717) is 0 Å². The van der Waals surface area contributed by atoms with Crippen molar-refractivity contribution >= 4 is 28.6 Å². The van der Waals surface area contributed by atoms with E-state index in [2.05, 4.69) is 12.1 Å². The average Bonchev–Trinajstić information content (AvgIpc) is 2.56. The number of thiophene rings is 1. The molecule has 0 aliphatic carbocycles. The molecule has 0 unspecified atom stereocenters. The minimum absolute atomic E-state index is 0.829. The summed E-state index contributed by atoms with van der Waals surface area (Å²) in [6.07, 6.45) is 0.865. The van der Waals surface area contributed by atoms with Crippen LogP contribution in [0.2, 0.25) is 4.34 Å². The minimum atomic E-state index is 0.829. The summed E-state index contributed by atoms with van der Waals surface area (Å²) >= 11 is 7.48. The number of hydrogen-bond acceptors (Lipinski definition) is 2. The maximum atomic E-state index is 5.95. The molecule has 0 spiro atoms. The summed E-state index contributed by atoms with van der Waals surface area (Å²) in [7, 11) is 0. The van der Waals surface area contributed by atoms with Crippen LogP contribution in [0, 0.1) is 6.92 Å². The molecule has 2 N–H and O–H groups in total. The molecule has 0 radical (unpaired) electrons. The molecule has 15 heavy (non-hydrogen) atoms. The van der Waals surface area contributed by atoms with Crippen molar-refractivity contribution in [2.24, 2.45) is 0 Å². The first-order chi connectivity index (χ1) is 7.15. The molecule has 0 saturated heterocycles.